The minimum atomic E-state index is -0.489. The largest absolute Gasteiger partial charge is 0.444 e. The molecule has 5 rings (SSSR count). The molecule has 0 aromatic heterocycles. The van der Waals surface area contributed by atoms with Gasteiger partial charge in [0.1, 0.15) is 5.60 Å². The molecule has 0 radical (unpaired) electrons. The number of hydrogen-bond donors (Lipinski definition) is 1. The van der Waals surface area contributed by atoms with Crippen molar-refractivity contribution in [3.8, 4) is 0 Å². The Morgan fingerprint density at radius 2 is 1.63 bits per heavy atom. The second kappa shape index (κ2) is 11.2. The Kier molecular flexibility index (Phi) is 7.79. The molecule has 2 aliphatic heterocycles. The highest BCUT2D eigenvalue weighted by Crippen LogP contribution is 2.31. The first-order chi connectivity index (χ1) is 18.3. The lowest BCUT2D eigenvalue weighted by atomic mass is 9.86. The maximum atomic E-state index is 13.1. The van der Waals surface area contributed by atoms with E-state index in [1.165, 1.54) is 16.8 Å². The summed E-state index contributed by atoms with van der Waals surface area (Å²) in [4.78, 5) is 32.0. The van der Waals surface area contributed by atoms with Crippen molar-refractivity contribution >= 4 is 23.4 Å². The summed E-state index contributed by atoms with van der Waals surface area (Å²) in [7, 11) is 0. The van der Waals surface area contributed by atoms with E-state index < -0.39 is 5.60 Å². The van der Waals surface area contributed by atoms with Gasteiger partial charge in [-0.3, -0.25) is 4.79 Å². The SMILES string of the molecule is CC(C)(C)OC(=O)N1CCN(c2cccc3c2C[C@H](NC(=O)c2ccc(N4CCOCC4)cc2)CC3)CC1. The van der Waals surface area contributed by atoms with Gasteiger partial charge in [0, 0.05) is 62.2 Å². The van der Waals surface area contributed by atoms with Crippen LogP contribution in [0.15, 0.2) is 42.5 Å². The molecule has 1 N–H and O–H groups in total. The monoisotopic (exact) mass is 520 g/mol. The first kappa shape index (κ1) is 26.4. The molecule has 8 nitrogen and oxygen atoms in total. The van der Waals surface area contributed by atoms with Gasteiger partial charge in [-0.15, -0.1) is 0 Å². The molecule has 0 unspecified atom stereocenters. The molecule has 0 spiro atoms. The predicted molar refractivity (Wildman–Crippen MR) is 149 cm³/mol. The fourth-order valence-electron chi connectivity index (χ4n) is 5.56. The summed E-state index contributed by atoms with van der Waals surface area (Å²) in [5.41, 5.74) is 5.24. The lowest BCUT2D eigenvalue weighted by molar-refractivity contribution is 0.0240. The number of carbonyl (C=O) groups is 2. The van der Waals surface area contributed by atoms with Crippen LogP contribution in [0, 0.1) is 0 Å². The number of piperazine rings is 1. The van der Waals surface area contributed by atoms with Crippen LogP contribution in [0.1, 0.15) is 48.7 Å². The zero-order valence-electron chi connectivity index (χ0n) is 22.9. The van der Waals surface area contributed by atoms with Gasteiger partial charge < -0.3 is 29.5 Å². The lowest BCUT2D eigenvalue weighted by Crippen LogP contribution is -2.50. The average molecular weight is 521 g/mol. The first-order valence-electron chi connectivity index (χ1n) is 13.8. The molecule has 2 amide bonds. The van der Waals surface area contributed by atoms with Crippen molar-refractivity contribution in [2.24, 2.45) is 0 Å². The zero-order chi connectivity index (χ0) is 26.7. The number of fused-ring (bicyclic) bond motifs is 1. The molecule has 8 heteroatoms. The van der Waals surface area contributed by atoms with E-state index in [0.717, 1.165) is 64.3 Å². The first-order valence-corrected chi connectivity index (χ1v) is 13.8. The Morgan fingerprint density at radius 1 is 0.921 bits per heavy atom. The van der Waals surface area contributed by atoms with Crippen LogP contribution in [0.3, 0.4) is 0 Å². The summed E-state index contributed by atoms with van der Waals surface area (Å²) in [6, 6.07) is 14.5. The van der Waals surface area contributed by atoms with Gasteiger partial charge >= 0.3 is 6.09 Å². The molecule has 2 aromatic carbocycles. The van der Waals surface area contributed by atoms with E-state index in [2.05, 4.69) is 33.3 Å². The van der Waals surface area contributed by atoms with Crippen molar-refractivity contribution in [3.05, 3.63) is 59.2 Å². The van der Waals surface area contributed by atoms with Crippen LogP contribution in [-0.2, 0) is 22.3 Å². The van der Waals surface area contributed by atoms with Gasteiger partial charge in [-0.25, -0.2) is 4.79 Å². The van der Waals surface area contributed by atoms with Gasteiger partial charge in [-0.2, -0.15) is 0 Å². The zero-order valence-corrected chi connectivity index (χ0v) is 22.9. The molecule has 3 aliphatic rings. The molecule has 1 aliphatic carbocycles. The van der Waals surface area contributed by atoms with Crippen LogP contribution in [0.5, 0.6) is 0 Å². The number of rotatable bonds is 4. The third kappa shape index (κ3) is 6.23. The molecule has 2 heterocycles. The molecule has 38 heavy (non-hydrogen) atoms. The maximum absolute atomic E-state index is 13.1. The Balaban J connectivity index is 1.20. The van der Waals surface area contributed by atoms with E-state index in [4.69, 9.17) is 9.47 Å². The fraction of sp³-hybridized carbons (Fsp3) is 0.533. The molecular weight excluding hydrogens is 480 g/mol. The summed E-state index contributed by atoms with van der Waals surface area (Å²) in [5.74, 6) is -0.0181. The maximum Gasteiger partial charge on any atom is 0.410 e. The second-order valence-corrected chi connectivity index (χ2v) is 11.4. The number of amides is 2. The smallest absolute Gasteiger partial charge is 0.410 e. The summed E-state index contributed by atoms with van der Waals surface area (Å²) in [6.45, 7) is 11.7. The third-order valence-corrected chi connectivity index (χ3v) is 7.57. The normalized spacial score (nSPS) is 20.1. The highest BCUT2D eigenvalue weighted by atomic mass is 16.6. The third-order valence-electron chi connectivity index (χ3n) is 7.57. The van der Waals surface area contributed by atoms with Crippen LogP contribution in [0.4, 0.5) is 16.2 Å². The highest BCUT2D eigenvalue weighted by Gasteiger charge is 2.29. The van der Waals surface area contributed by atoms with E-state index in [-0.39, 0.29) is 18.0 Å². The minimum Gasteiger partial charge on any atom is -0.444 e. The number of nitrogens with one attached hydrogen (secondary N) is 1. The van der Waals surface area contributed by atoms with E-state index in [0.29, 0.717) is 18.7 Å². The fourth-order valence-corrected chi connectivity index (χ4v) is 5.56. The molecular formula is C30H40N4O4. The highest BCUT2D eigenvalue weighted by molar-refractivity contribution is 5.94. The summed E-state index contributed by atoms with van der Waals surface area (Å²) in [5, 5.41) is 3.29. The number of hydrogen-bond acceptors (Lipinski definition) is 6. The standard InChI is InChI=1S/C30H40N4O4/c1-30(2,3)38-29(36)34-15-13-33(14-16-34)27-6-4-5-22-7-10-24(21-26(22)27)31-28(35)23-8-11-25(12-9-23)32-17-19-37-20-18-32/h4-6,8-9,11-12,24H,7,10,13-21H2,1-3H3,(H,31,35)/t24-/m1/s1. The van der Waals surface area contributed by atoms with Gasteiger partial charge in [0.05, 0.1) is 13.2 Å². The number of carbonyl (C=O) groups excluding carboxylic acids is 2. The number of anilines is 2. The van der Waals surface area contributed by atoms with E-state index in [9.17, 15) is 9.59 Å². The number of ether oxygens (including phenoxy) is 2. The molecule has 0 bridgehead atoms. The molecule has 2 saturated heterocycles. The molecule has 1 atom stereocenters. The summed E-state index contributed by atoms with van der Waals surface area (Å²) in [6.07, 6.45) is 2.45. The van der Waals surface area contributed by atoms with Crippen LogP contribution in [0.2, 0.25) is 0 Å². The Bertz CT molecular complexity index is 1130. The van der Waals surface area contributed by atoms with Crippen LogP contribution >= 0.6 is 0 Å². The second-order valence-electron chi connectivity index (χ2n) is 11.4. The Labute approximate surface area is 225 Å². The summed E-state index contributed by atoms with van der Waals surface area (Å²) < 4.78 is 11.0. The van der Waals surface area contributed by atoms with Crippen LogP contribution in [0.25, 0.3) is 0 Å². The van der Waals surface area contributed by atoms with Crippen LogP contribution < -0.4 is 15.1 Å². The number of nitrogens with zero attached hydrogens (tertiary/aromatic N) is 3. The van der Waals surface area contributed by atoms with Crippen LogP contribution in [-0.4, -0.2) is 81.0 Å². The summed E-state index contributed by atoms with van der Waals surface area (Å²) >= 11 is 0. The van der Waals surface area contributed by atoms with Gasteiger partial charge in [-0.05, 0) is 81.5 Å². The number of benzene rings is 2. The van der Waals surface area contributed by atoms with Crippen molar-refractivity contribution in [3.63, 3.8) is 0 Å². The van der Waals surface area contributed by atoms with Crippen molar-refractivity contribution in [1.29, 1.82) is 0 Å². The van der Waals surface area contributed by atoms with Crippen molar-refractivity contribution in [2.45, 2.75) is 51.7 Å². The van der Waals surface area contributed by atoms with Gasteiger partial charge in [0.15, 0.2) is 0 Å². The van der Waals surface area contributed by atoms with E-state index >= 15 is 0 Å². The van der Waals surface area contributed by atoms with Gasteiger partial charge in [0.25, 0.3) is 5.91 Å². The molecule has 204 valence electrons. The Morgan fingerprint density at radius 3 is 2.32 bits per heavy atom. The molecule has 0 saturated carbocycles. The predicted octanol–water partition coefficient (Wildman–Crippen LogP) is 3.87. The lowest BCUT2D eigenvalue weighted by Gasteiger charge is -2.39. The topological polar surface area (TPSA) is 74.4 Å². The number of morpholine rings is 1. The van der Waals surface area contributed by atoms with Crippen molar-refractivity contribution < 1.29 is 19.1 Å². The van der Waals surface area contributed by atoms with Gasteiger partial charge in [0.2, 0.25) is 0 Å². The van der Waals surface area contributed by atoms with Crippen molar-refractivity contribution in [1.82, 2.24) is 10.2 Å². The molecule has 2 fully saturated rings. The van der Waals surface area contributed by atoms with E-state index in [1.807, 2.05) is 45.0 Å². The van der Waals surface area contributed by atoms with Crippen molar-refractivity contribution in [2.75, 3.05) is 62.3 Å². The van der Waals surface area contributed by atoms with Gasteiger partial charge in [-0.1, -0.05) is 12.1 Å². The average Bonchev–Trinajstić information content (AvgIpc) is 2.92. The minimum absolute atomic E-state index is 0.0181. The Hall–Kier alpha value is -3.26. The van der Waals surface area contributed by atoms with E-state index in [1.54, 1.807) is 4.90 Å². The number of aryl methyl sites for hydroxylation is 1. The molecule has 2 aromatic rings. The quantitative estimate of drug-likeness (QED) is 0.660.